The Hall–Kier alpha value is -2.47. The quantitative estimate of drug-likeness (QED) is 0.726. The molecule has 0 aliphatic heterocycles. The molecule has 0 saturated carbocycles. The molecule has 5 nitrogen and oxygen atoms in total. The molecule has 0 spiro atoms. The minimum atomic E-state index is -0.253. The second kappa shape index (κ2) is 6.97. The molecule has 0 bridgehead atoms. The minimum Gasteiger partial charge on any atom is -0.342 e. The molecule has 1 atom stereocenters. The SMILES string of the molecule is C=C(Br)Cn1c(C(C)NC(=O)c2cccnc2)nc2ccccc21. The van der Waals surface area contributed by atoms with Crippen molar-refractivity contribution in [3.8, 4) is 0 Å². The number of fused-ring (bicyclic) bond motifs is 1. The molecule has 0 radical (unpaired) electrons. The Bertz CT molecular complexity index is 888. The van der Waals surface area contributed by atoms with E-state index in [0.717, 1.165) is 21.3 Å². The highest BCUT2D eigenvalue weighted by Gasteiger charge is 2.19. The van der Waals surface area contributed by atoms with Crippen molar-refractivity contribution in [2.45, 2.75) is 19.5 Å². The number of nitrogens with zero attached hydrogens (tertiary/aromatic N) is 3. The summed E-state index contributed by atoms with van der Waals surface area (Å²) in [5.74, 6) is 0.612. The van der Waals surface area contributed by atoms with E-state index < -0.39 is 0 Å². The molecule has 6 heteroatoms. The van der Waals surface area contributed by atoms with E-state index in [1.165, 1.54) is 0 Å². The zero-order valence-electron chi connectivity index (χ0n) is 13.2. The summed E-state index contributed by atoms with van der Waals surface area (Å²) in [4.78, 5) is 21.0. The van der Waals surface area contributed by atoms with Gasteiger partial charge in [-0.3, -0.25) is 9.78 Å². The van der Waals surface area contributed by atoms with E-state index in [1.807, 2.05) is 31.2 Å². The molecule has 0 fully saturated rings. The van der Waals surface area contributed by atoms with Gasteiger partial charge in [-0.05, 0) is 31.2 Å². The number of imidazole rings is 1. The van der Waals surface area contributed by atoms with Crippen LogP contribution >= 0.6 is 15.9 Å². The summed E-state index contributed by atoms with van der Waals surface area (Å²) < 4.78 is 2.90. The lowest BCUT2D eigenvalue weighted by molar-refractivity contribution is 0.0937. The molecule has 1 amide bonds. The van der Waals surface area contributed by atoms with Crippen LogP contribution in [0, 0.1) is 0 Å². The highest BCUT2D eigenvalue weighted by Crippen LogP contribution is 2.23. The normalized spacial score (nSPS) is 12.1. The lowest BCUT2D eigenvalue weighted by Gasteiger charge is -2.16. The number of para-hydroxylation sites is 2. The van der Waals surface area contributed by atoms with E-state index in [-0.39, 0.29) is 11.9 Å². The van der Waals surface area contributed by atoms with Crippen molar-refractivity contribution in [2.24, 2.45) is 0 Å². The summed E-state index contributed by atoms with van der Waals surface area (Å²) in [5.41, 5.74) is 2.43. The largest absolute Gasteiger partial charge is 0.342 e. The molecular formula is C18H17BrN4O. The van der Waals surface area contributed by atoms with Gasteiger partial charge >= 0.3 is 0 Å². The molecule has 0 aliphatic rings. The van der Waals surface area contributed by atoms with E-state index in [4.69, 9.17) is 0 Å². The summed E-state index contributed by atoms with van der Waals surface area (Å²) in [6, 6.07) is 11.1. The van der Waals surface area contributed by atoms with Crippen LogP contribution in [0.1, 0.15) is 29.1 Å². The van der Waals surface area contributed by atoms with Crippen LogP contribution in [-0.4, -0.2) is 20.4 Å². The molecule has 1 unspecified atom stereocenters. The van der Waals surface area contributed by atoms with Crippen molar-refractivity contribution in [2.75, 3.05) is 0 Å². The van der Waals surface area contributed by atoms with E-state index in [0.29, 0.717) is 12.1 Å². The number of pyridine rings is 1. The first kappa shape index (κ1) is 16.4. The van der Waals surface area contributed by atoms with Gasteiger partial charge in [0.15, 0.2) is 0 Å². The van der Waals surface area contributed by atoms with Crippen molar-refractivity contribution in [3.63, 3.8) is 0 Å². The van der Waals surface area contributed by atoms with Gasteiger partial charge in [0.2, 0.25) is 0 Å². The van der Waals surface area contributed by atoms with Gasteiger partial charge in [0.25, 0.3) is 5.91 Å². The third kappa shape index (κ3) is 3.38. The molecule has 24 heavy (non-hydrogen) atoms. The van der Waals surface area contributed by atoms with Crippen LogP contribution in [0.15, 0.2) is 59.9 Å². The van der Waals surface area contributed by atoms with Gasteiger partial charge in [-0.15, -0.1) is 0 Å². The number of benzene rings is 1. The smallest absolute Gasteiger partial charge is 0.253 e. The van der Waals surface area contributed by atoms with Crippen LogP contribution in [0.5, 0.6) is 0 Å². The van der Waals surface area contributed by atoms with Crippen molar-refractivity contribution >= 4 is 32.9 Å². The number of aromatic nitrogens is 3. The summed E-state index contributed by atoms with van der Waals surface area (Å²) in [6.45, 7) is 6.42. The van der Waals surface area contributed by atoms with E-state index >= 15 is 0 Å². The van der Waals surface area contributed by atoms with Crippen LogP contribution in [0.3, 0.4) is 0 Å². The molecule has 1 N–H and O–H groups in total. The number of hydrogen-bond donors (Lipinski definition) is 1. The Kier molecular flexibility index (Phi) is 4.76. The maximum atomic E-state index is 12.4. The van der Waals surface area contributed by atoms with Crippen molar-refractivity contribution in [1.29, 1.82) is 0 Å². The highest BCUT2D eigenvalue weighted by molar-refractivity contribution is 9.11. The van der Waals surface area contributed by atoms with Gasteiger partial charge < -0.3 is 9.88 Å². The van der Waals surface area contributed by atoms with Crippen LogP contribution in [0.4, 0.5) is 0 Å². The van der Waals surface area contributed by atoms with E-state index in [2.05, 4.69) is 42.4 Å². The Balaban J connectivity index is 1.93. The Morgan fingerprint density at radius 1 is 1.33 bits per heavy atom. The summed E-state index contributed by atoms with van der Waals surface area (Å²) in [7, 11) is 0. The topological polar surface area (TPSA) is 59.8 Å². The number of carbonyl (C=O) groups is 1. The number of nitrogens with one attached hydrogen (secondary N) is 1. The molecule has 3 aromatic rings. The average Bonchev–Trinajstić information content (AvgIpc) is 2.94. The first-order chi connectivity index (χ1) is 11.6. The van der Waals surface area contributed by atoms with Gasteiger partial charge in [-0.1, -0.05) is 34.6 Å². The van der Waals surface area contributed by atoms with Gasteiger partial charge in [-0.2, -0.15) is 0 Å². The van der Waals surface area contributed by atoms with Gasteiger partial charge in [0, 0.05) is 16.9 Å². The Morgan fingerprint density at radius 3 is 2.83 bits per heavy atom. The van der Waals surface area contributed by atoms with Gasteiger partial charge in [-0.25, -0.2) is 4.98 Å². The fourth-order valence-electron chi connectivity index (χ4n) is 2.60. The average molecular weight is 385 g/mol. The van der Waals surface area contributed by atoms with Crippen LogP contribution in [0.25, 0.3) is 11.0 Å². The molecule has 2 heterocycles. The van der Waals surface area contributed by atoms with Crippen molar-refractivity contribution in [1.82, 2.24) is 19.9 Å². The number of amides is 1. The van der Waals surface area contributed by atoms with E-state index in [1.54, 1.807) is 24.5 Å². The summed E-state index contributed by atoms with van der Waals surface area (Å²) >= 11 is 3.41. The first-order valence-corrected chi connectivity index (χ1v) is 8.35. The molecular weight excluding hydrogens is 368 g/mol. The summed E-state index contributed by atoms with van der Waals surface area (Å²) in [5, 5.41) is 2.98. The molecule has 2 aromatic heterocycles. The number of carbonyl (C=O) groups excluding carboxylic acids is 1. The Labute approximate surface area is 148 Å². The molecule has 0 aliphatic carbocycles. The van der Waals surface area contributed by atoms with Gasteiger partial charge in [0.05, 0.1) is 29.2 Å². The Morgan fingerprint density at radius 2 is 2.12 bits per heavy atom. The van der Waals surface area contributed by atoms with Crippen LogP contribution in [0.2, 0.25) is 0 Å². The standard InChI is InChI=1S/C18H17BrN4O/c1-12(19)11-23-16-8-4-3-7-15(16)22-17(23)13(2)21-18(24)14-6-5-9-20-10-14/h3-10,13H,1,11H2,2H3,(H,21,24). The third-order valence-corrected chi connectivity index (χ3v) is 3.92. The second-order valence-corrected chi connectivity index (χ2v) is 6.62. The van der Waals surface area contributed by atoms with Gasteiger partial charge in [0.1, 0.15) is 5.82 Å². The zero-order valence-corrected chi connectivity index (χ0v) is 14.8. The monoisotopic (exact) mass is 384 g/mol. The predicted octanol–water partition coefficient (Wildman–Crippen LogP) is 3.83. The molecule has 122 valence electrons. The first-order valence-electron chi connectivity index (χ1n) is 7.55. The van der Waals surface area contributed by atoms with Crippen LogP contribution in [-0.2, 0) is 6.54 Å². The fourth-order valence-corrected chi connectivity index (χ4v) is 2.85. The van der Waals surface area contributed by atoms with Crippen molar-refractivity contribution in [3.05, 3.63) is 71.2 Å². The third-order valence-electron chi connectivity index (χ3n) is 3.67. The molecule has 1 aromatic carbocycles. The fraction of sp³-hybridized carbons (Fsp3) is 0.167. The molecule has 3 rings (SSSR count). The number of hydrogen-bond acceptors (Lipinski definition) is 3. The van der Waals surface area contributed by atoms with Crippen LogP contribution < -0.4 is 5.32 Å². The number of halogens is 1. The molecule has 0 saturated heterocycles. The summed E-state index contributed by atoms with van der Waals surface area (Å²) in [6.07, 6.45) is 3.19. The number of rotatable bonds is 5. The maximum Gasteiger partial charge on any atom is 0.253 e. The highest BCUT2D eigenvalue weighted by atomic mass is 79.9. The lowest BCUT2D eigenvalue weighted by Crippen LogP contribution is -2.28. The van der Waals surface area contributed by atoms with E-state index in [9.17, 15) is 4.79 Å². The maximum absolute atomic E-state index is 12.4. The number of allylic oxidation sites excluding steroid dienone is 1. The predicted molar refractivity (Wildman–Crippen MR) is 97.9 cm³/mol. The second-order valence-electron chi connectivity index (χ2n) is 5.50. The minimum absolute atomic E-state index is 0.174. The lowest BCUT2D eigenvalue weighted by atomic mass is 10.2. The zero-order chi connectivity index (χ0) is 17.1. The van der Waals surface area contributed by atoms with Crippen molar-refractivity contribution < 1.29 is 4.79 Å².